The molecule has 1 fully saturated rings. The van der Waals surface area contributed by atoms with Gasteiger partial charge in [-0.15, -0.1) is 0 Å². The number of carbonyl (C=O) groups is 4. The summed E-state index contributed by atoms with van der Waals surface area (Å²) in [7, 11) is 0. The molecule has 0 saturated carbocycles. The predicted octanol–water partition coefficient (Wildman–Crippen LogP) is 1.74. The van der Waals surface area contributed by atoms with E-state index in [2.05, 4.69) is 5.32 Å². The van der Waals surface area contributed by atoms with Gasteiger partial charge in [-0.1, -0.05) is 29.5 Å². The van der Waals surface area contributed by atoms with Gasteiger partial charge < -0.3 is 24.3 Å². The molecule has 1 aliphatic heterocycles. The normalized spacial score (nSPS) is 25.3. The van der Waals surface area contributed by atoms with E-state index in [1.807, 2.05) is 31.2 Å². The highest BCUT2D eigenvalue weighted by atomic mass is 32.2. The Morgan fingerprint density at radius 1 is 0.935 bits per heavy atom. The smallest absolute Gasteiger partial charge is 0.303 e. The van der Waals surface area contributed by atoms with Crippen LogP contribution in [0.25, 0.3) is 0 Å². The van der Waals surface area contributed by atoms with E-state index in [0.717, 1.165) is 10.5 Å². The molecule has 10 heteroatoms. The quantitative estimate of drug-likeness (QED) is 0.486. The second kappa shape index (κ2) is 11.1. The maximum atomic E-state index is 11.9. The third-order valence-corrected chi connectivity index (χ3v) is 5.53. The topological polar surface area (TPSA) is 117 Å². The van der Waals surface area contributed by atoms with Crippen molar-refractivity contribution in [2.45, 2.75) is 69.3 Å². The highest BCUT2D eigenvalue weighted by Crippen LogP contribution is 2.36. The van der Waals surface area contributed by atoms with Crippen molar-refractivity contribution in [3.05, 3.63) is 29.8 Å². The van der Waals surface area contributed by atoms with E-state index in [9.17, 15) is 19.2 Å². The lowest BCUT2D eigenvalue weighted by Crippen LogP contribution is -2.65. The predicted molar refractivity (Wildman–Crippen MR) is 111 cm³/mol. The molecule has 2 rings (SSSR count). The zero-order valence-electron chi connectivity index (χ0n) is 18.1. The summed E-state index contributed by atoms with van der Waals surface area (Å²) in [5.41, 5.74) is 0.357. The van der Waals surface area contributed by atoms with Crippen LogP contribution in [0.5, 0.6) is 0 Å². The van der Waals surface area contributed by atoms with Crippen LogP contribution in [0.2, 0.25) is 0 Å². The van der Waals surface area contributed by atoms with Crippen LogP contribution in [0.4, 0.5) is 0 Å². The van der Waals surface area contributed by atoms with Gasteiger partial charge in [0, 0.05) is 32.6 Å². The molecular formula is C21H27NO8S. The minimum atomic E-state index is -1.09. The number of thioether (sulfide) groups is 1. The monoisotopic (exact) mass is 453 g/mol. The standard InChI is InChI=1S/C21H27NO8S/c1-11-6-8-16(9-7-11)31-21-18(22-12(2)23)20(29-15(5)26)19(28-14(4)25)17(30-21)10-27-13(3)24/h6-9,17-21H,10H2,1-5H3,(H,22,23)/t17-,18-,19-,20-,21+/m1/s1. The average Bonchev–Trinajstić information content (AvgIpc) is 2.65. The molecule has 0 spiro atoms. The summed E-state index contributed by atoms with van der Waals surface area (Å²) in [4.78, 5) is 47.7. The Hall–Kier alpha value is -2.59. The lowest BCUT2D eigenvalue weighted by molar-refractivity contribution is -0.211. The molecule has 0 bridgehead atoms. The van der Waals surface area contributed by atoms with Crippen molar-refractivity contribution in [1.29, 1.82) is 0 Å². The first-order valence-electron chi connectivity index (χ1n) is 9.70. The first-order chi connectivity index (χ1) is 14.6. The molecule has 0 aromatic heterocycles. The fourth-order valence-electron chi connectivity index (χ4n) is 3.14. The molecule has 9 nitrogen and oxygen atoms in total. The third kappa shape index (κ3) is 7.55. The summed E-state index contributed by atoms with van der Waals surface area (Å²) >= 11 is 1.30. The summed E-state index contributed by atoms with van der Waals surface area (Å²) in [6, 6.07) is 6.83. The van der Waals surface area contributed by atoms with Crippen molar-refractivity contribution in [3.8, 4) is 0 Å². The van der Waals surface area contributed by atoms with Crippen molar-refractivity contribution in [2.24, 2.45) is 0 Å². The Bertz CT molecular complexity index is 812. The van der Waals surface area contributed by atoms with Crippen LogP contribution < -0.4 is 5.32 Å². The molecule has 1 heterocycles. The lowest BCUT2D eigenvalue weighted by Gasteiger charge is -2.45. The minimum absolute atomic E-state index is 0.219. The molecule has 170 valence electrons. The number of carbonyl (C=O) groups excluding carboxylic acids is 4. The number of rotatable bonds is 7. The van der Waals surface area contributed by atoms with Gasteiger partial charge in [0.2, 0.25) is 5.91 Å². The highest BCUT2D eigenvalue weighted by Gasteiger charge is 2.51. The Kier molecular flexibility index (Phi) is 8.88. The Morgan fingerprint density at radius 2 is 1.52 bits per heavy atom. The number of benzene rings is 1. The summed E-state index contributed by atoms with van der Waals surface area (Å²) in [6.07, 6.45) is -3.06. The van der Waals surface area contributed by atoms with Gasteiger partial charge in [-0.3, -0.25) is 19.2 Å². The Morgan fingerprint density at radius 3 is 2.03 bits per heavy atom. The number of ether oxygens (including phenoxy) is 4. The van der Waals surface area contributed by atoms with E-state index in [1.54, 1.807) is 0 Å². The fraction of sp³-hybridized carbons (Fsp3) is 0.524. The average molecular weight is 454 g/mol. The van der Waals surface area contributed by atoms with E-state index >= 15 is 0 Å². The van der Waals surface area contributed by atoms with Gasteiger partial charge in [-0.05, 0) is 19.1 Å². The van der Waals surface area contributed by atoms with Gasteiger partial charge in [0.25, 0.3) is 0 Å². The van der Waals surface area contributed by atoms with Gasteiger partial charge in [0.15, 0.2) is 12.2 Å². The molecule has 31 heavy (non-hydrogen) atoms. The molecule has 1 aromatic carbocycles. The summed E-state index contributed by atoms with van der Waals surface area (Å²) < 4.78 is 22.1. The van der Waals surface area contributed by atoms with E-state index in [-0.39, 0.29) is 12.5 Å². The van der Waals surface area contributed by atoms with E-state index < -0.39 is 47.7 Å². The first kappa shape index (κ1) is 24.7. The van der Waals surface area contributed by atoms with Crippen LogP contribution in [0.15, 0.2) is 29.2 Å². The zero-order valence-corrected chi connectivity index (χ0v) is 18.9. The lowest BCUT2D eigenvalue weighted by atomic mass is 9.97. The number of esters is 3. The second-order valence-corrected chi connectivity index (χ2v) is 8.32. The highest BCUT2D eigenvalue weighted by molar-refractivity contribution is 7.99. The largest absolute Gasteiger partial charge is 0.463 e. The van der Waals surface area contributed by atoms with Crippen LogP contribution in [0, 0.1) is 6.92 Å². The Balaban J connectivity index is 2.43. The summed E-state index contributed by atoms with van der Waals surface area (Å²) in [5.74, 6) is -2.17. The molecule has 0 unspecified atom stereocenters. The number of hydrogen-bond acceptors (Lipinski definition) is 9. The zero-order chi connectivity index (χ0) is 23.1. The van der Waals surface area contributed by atoms with Crippen molar-refractivity contribution in [2.75, 3.05) is 6.61 Å². The number of aryl methyl sites for hydroxylation is 1. The minimum Gasteiger partial charge on any atom is -0.463 e. The van der Waals surface area contributed by atoms with Crippen molar-refractivity contribution in [1.82, 2.24) is 5.32 Å². The van der Waals surface area contributed by atoms with E-state index in [1.165, 1.54) is 39.5 Å². The van der Waals surface area contributed by atoms with Gasteiger partial charge in [-0.25, -0.2) is 0 Å². The Labute approximate surface area is 185 Å². The first-order valence-corrected chi connectivity index (χ1v) is 10.6. The maximum Gasteiger partial charge on any atom is 0.303 e. The van der Waals surface area contributed by atoms with Crippen molar-refractivity contribution < 1.29 is 38.1 Å². The van der Waals surface area contributed by atoms with Crippen LogP contribution in [-0.4, -0.2) is 60.2 Å². The second-order valence-electron chi connectivity index (χ2n) is 7.15. The molecule has 5 atom stereocenters. The van der Waals surface area contributed by atoms with Gasteiger partial charge in [-0.2, -0.15) is 0 Å². The van der Waals surface area contributed by atoms with Crippen LogP contribution in [-0.2, 0) is 38.1 Å². The van der Waals surface area contributed by atoms with Gasteiger partial charge in [0.1, 0.15) is 24.2 Å². The van der Waals surface area contributed by atoms with Crippen LogP contribution >= 0.6 is 11.8 Å². The molecule has 1 aromatic rings. The van der Waals surface area contributed by atoms with E-state index in [0.29, 0.717) is 0 Å². The molecule has 1 N–H and O–H groups in total. The summed E-state index contributed by atoms with van der Waals surface area (Å²) in [6.45, 7) is 6.72. The molecule has 1 saturated heterocycles. The fourth-order valence-corrected chi connectivity index (χ4v) is 4.27. The van der Waals surface area contributed by atoms with Crippen LogP contribution in [0.1, 0.15) is 33.3 Å². The molecule has 1 amide bonds. The van der Waals surface area contributed by atoms with E-state index in [4.69, 9.17) is 18.9 Å². The maximum absolute atomic E-state index is 11.9. The number of nitrogens with one attached hydrogen (secondary N) is 1. The summed E-state index contributed by atoms with van der Waals surface area (Å²) in [5, 5.41) is 2.75. The van der Waals surface area contributed by atoms with Gasteiger partial charge in [0.05, 0.1) is 0 Å². The van der Waals surface area contributed by atoms with Crippen molar-refractivity contribution >= 4 is 35.6 Å². The SMILES string of the molecule is CC(=O)N[C@@H]1[C@@H](OC(C)=O)[C@H](OC(C)=O)[C@@H](COC(C)=O)O[C@H]1Sc1ccc(C)cc1. The molecular weight excluding hydrogens is 426 g/mol. The molecule has 1 aliphatic rings. The van der Waals surface area contributed by atoms with Gasteiger partial charge >= 0.3 is 17.9 Å². The molecule has 0 aliphatic carbocycles. The number of hydrogen-bond donors (Lipinski definition) is 1. The molecule has 0 radical (unpaired) electrons. The number of amides is 1. The van der Waals surface area contributed by atoms with Crippen LogP contribution in [0.3, 0.4) is 0 Å². The third-order valence-electron chi connectivity index (χ3n) is 4.34. The van der Waals surface area contributed by atoms with Crippen molar-refractivity contribution in [3.63, 3.8) is 0 Å².